The Hall–Kier alpha value is -2.76. The van der Waals surface area contributed by atoms with E-state index in [1.165, 1.54) is 12.5 Å². The molecule has 26 heavy (non-hydrogen) atoms. The molecule has 0 aliphatic carbocycles. The summed E-state index contributed by atoms with van der Waals surface area (Å²) in [6, 6.07) is 3.16. The summed E-state index contributed by atoms with van der Waals surface area (Å²) in [6.45, 7) is 3.38. The Labute approximate surface area is 145 Å². The van der Waals surface area contributed by atoms with Gasteiger partial charge in [-0.3, -0.25) is 4.90 Å². The lowest BCUT2D eigenvalue weighted by atomic mass is 10.3. The van der Waals surface area contributed by atoms with E-state index in [4.69, 9.17) is 4.42 Å². The number of rotatable bonds is 3. The van der Waals surface area contributed by atoms with Gasteiger partial charge in [0.05, 0.1) is 6.54 Å². The van der Waals surface area contributed by atoms with E-state index in [1.807, 2.05) is 4.90 Å². The molecule has 138 valence electrons. The molecule has 1 aliphatic heterocycles. The number of hydrogen-bond acceptors (Lipinski definition) is 8. The summed E-state index contributed by atoms with van der Waals surface area (Å²) in [6.07, 6.45) is -2.48. The molecule has 1 aliphatic rings. The van der Waals surface area contributed by atoms with Crippen molar-refractivity contribution < 1.29 is 17.6 Å². The van der Waals surface area contributed by atoms with E-state index < -0.39 is 12.0 Å². The molecule has 4 heterocycles. The highest BCUT2D eigenvalue weighted by atomic mass is 19.4. The number of anilines is 1. The highest BCUT2D eigenvalue weighted by Crippen LogP contribution is 2.28. The van der Waals surface area contributed by atoms with Crippen LogP contribution in [0.15, 0.2) is 22.9 Å². The molecule has 0 aromatic carbocycles. The second kappa shape index (κ2) is 6.52. The van der Waals surface area contributed by atoms with Crippen LogP contribution in [0.3, 0.4) is 0 Å². The fourth-order valence-electron chi connectivity index (χ4n) is 2.94. The van der Waals surface area contributed by atoms with Crippen LogP contribution in [-0.4, -0.2) is 61.1 Å². The van der Waals surface area contributed by atoms with Gasteiger partial charge in [0.1, 0.15) is 5.82 Å². The van der Waals surface area contributed by atoms with Crippen molar-refractivity contribution in [3.05, 3.63) is 30.2 Å². The van der Waals surface area contributed by atoms with Crippen LogP contribution in [0.5, 0.6) is 0 Å². The van der Waals surface area contributed by atoms with Gasteiger partial charge in [0.15, 0.2) is 5.65 Å². The smallest absolute Gasteiger partial charge is 0.427 e. The molecule has 3 aromatic heterocycles. The Bertz CT molecular complexity index is 878. The van der Waals surface area contributed by atoms with Crippen molar-refractivity contribution in [3.8, 4) is 0 Å². The molecule has 0 atom stereocenters. The Morgan fingerprint density at radius 2 is 1.92 bits per heavy atom. The molecule has 1 saturated heterocycles. The topological polar surface area (TPSA) is 88.5 Å². The lowest BCUT2D eigenvalue weighted by Crippen LogP contribution is -2.31. The first kappa shape index (κ1) is 16.7. The van der Waals surface area contributed by atoms with Crippen molar-refractivity contribution in [2.75, 3.05) is 31.1 Å². The molecule has 0 unspecified atom stereocenters. The normalized spacial score (nSPS) is 17.0. The molecular formula is C14H15F3N8O. The predicted molar refractivity (Wildman–Crippen MR) is 82.2 cm³/mol. The van der Waals surface area contributed by atoms with Gasteiger partial charge in [-0.15, -0.1) is 25.5 Å². The largest absolute Gasteiger partial charge is 0.453 e. The lowest BCUT2D eigenvalue weighted by Gasteiger charge is -2.22. The van der Waals surface area contributed by atoms with E-state index >= 15 is 0 Å². The van der Waals surface area contributed by atoms with Crippen LogP contribution in [0, 0.1) is 0 Å². The van der Waals surface area contributed by atoms with E-state index in [0.29, 0.717) is 37.9 Å². The van der Waals surface area contributed by atoms with Gasteiger partial charge in [-0.2, -0.15) is 17.7 Å². The van der Waals surface area contributed by atoms with Crippen molar-refractivity contribution in [1.82, 2.24) is 34.9 Å². The first-order valence-corrected chi connectivity index (χ1v) is 8.03. The van der Waals surface area contributed by atoms with Gasteiger partial charge in [0, 0.05) is 26.2 Å². The summed E-state index contributed by atoms with van der Waals surface area (Å²) in [4.78, 5) is 4.11. The third kappa shape index (κ3) is 3.31. The predicted octanol–water partition coefficient (Wildman–Crippen LogP) is 1.24. The van der Waals surface area contributed by atoms with E-state index in [9.17, 15) is 13.2 Å². The maximum Gasteiger partial charge on any atom is 0.453 e. The summed E-state index contributed by atoms with van der Waals surface area (Å²) in [5, 5.41) is 18.4. The number of fused-ring (bicyclic) bond motifs is 1. The van der Waals surface area contributed by atoms with Crippen molar-refractivity contribution in [1.29, 1.82) is 0 Å². The van der Waals surface area contributed by atoms with E-state index in [0.717, 1.165) is 17.5 Å². The molecule has 3 aromatic rings. The van der Waals surface area contributed by atoms with Gasteiger partial charge in [-0.25, -0.2) is 0 Å². The molecule has 0 saturated carbocycles. The fourth-order valence-corrected chi connectivity index (χ4v) is 2.94. The number of halogens is 3. The van der Waals surface area contributed by atoms with E-state index in [-0.39, 0.29) is 5.65 Å². The van der Waals surface area contributed by atoms with Crippen LogP contribution in [-0.2, 0) is 12.7 Å². The zero-order chi connectivity index (χ0) is 18.1. The van der Waals surface area contributed by atoms with Crippen LogP contribution in [0.25, 0.3) is 5.65 Å². The highest BCUT2D eigenvalue weighted by molar-refractivity contribution is 5.46. The molecule has 1 fully saturated rings. The molecule has 0 spiro atoms. The Morgan fingerprint density at radius 1 is 1.04 bits per heavy atom. The van der Waals surface area contributed by atoms with Gasteiger partial charge in [-0.05, 0) is 18.6 Å². The molecule has 12 heteroatoms. The van der Waals surface area contributed by atoms with Crippen LogP contribution < -0.4 is 4.90 Å². The monoisotopic (exact) mass is 368 g/mol. The third-order valence-electron chi connectivity index (χ3n) is 4.18. The number of aromatic nitrogens is 6. The number of nitrogens with zero attached hydrogens (tertiary/aromatic N) is 8. The molecule has 0 amide bonds. The average Bonchev–Trinajstić information content (AvgIpc) is 3.20. The minimum absolute atomic E-state index is 0.0638. The molecule has 0 radical (unpaired) electrons. The van der Waals surface area contributed by atoms with Gasteiger partial charge in [0.2, 0.25) is 12.3 Å². The zero-order valence-corrected chi connectivity index (χ0v) is 13.6. The molecule has 0 bridgehead atoms. The number of hydrogen-bond donors (Lipinski definition) is 0. The van der Waals surface area contributed by atoms with Crippen molar-refractivity contribution in [2.24, 2.45) is 0 Å². The maximum atomic E-state index is 13.0. The van der Waals surface area contributed by atoms with E-state index in [2.05, 4.69) is 30.4 Å². The fraction of sp³-hybridized carbons (Fsp3) is 0.500. The molecule has 0 N–H and O–H groups in total. The third-order valence-corrected chi connectivity index (χ3v) is 4.18. The van der Waals surface area contributed by atoms with Crippen molar-refractivity contribution in [3.63, 3.8) is 0 Å². The minimum atomic E-state index is -4.61. The zero-order valence-electron chi connectivity index (χ0n) is 13.6. The summed E-state index contributed by atoms with van der Waals surface area (Å²) < 4.78 is 45.0. The SMILES string of the molecule is FC(F)(F)c1nnc2ccc(N3CCCN(Cc4nnco4)CC3)nn12. The van der Waals surface area contributed by atoms with Crippen LogP contribution in [0.1, 0.15) is 18.1 Å². The lowest BCUT2D eigenvalue weighted by molar-refractivity contribution is -0.146. The Morgan fingerprint density at radius 3 is 2.69 bits per heavy atom. The minimum Gasteiger partial charge on any atom is -0.427 e. The Kier molecular flexibility index (Phi) is 4.18. The molecule has 9 nitrogen and oxygen atoms in total. The second-order valence-corrected chi connectivity index (χ2v) is 5.93. The van der Waals surface area contributed by atoms with Gasteiger partial charge in [-0.1, -0.05) is 0 Å². The highest BCUT2D eigenvalue weighted by Gasteiger charge is 2.37. The van der Waals surface area contributed by atoms with Crippen molar-refractivity contribution >= 4 is 11.5 Å². The average molecular weight is 368 g/mol. The second-order valence-electron chi connectivity index (χ2n) is 5.93. The summed E-state index contributed by atoms with van der Waals surface area (Å²) in [7, 11) is 0. The van der Waals surface area contributed by atoms with Gasteiger partial charge < -0.3 is 9.32 Å². The maximum absolute atomic E-state index is 13.0. The standard InChI is InChI=1S/C14H15F3N8O/c15-14(16,17)13-21-19-10-2-3-11(22-25(10)13)24-5-1-4-23(6-7-24)8-12-20-18-9-26-12/h2-3,9H,1,4-8H2. The van der Waals surface area contributed by atoms with Gasteiger partial charge in [0.25, 0.3) is 5.82 Å². The van der Waals surface area contributed by atoms with Gasteiger partial charge >= 0.3 is 6.18 Å². The van der Waals surface area contributed by atoms with Crippen LogP contribution in [0.2, 0.25) is 0 Å². The Balaban J connectivity index is 1.52. The van der Waals surface area contributed by atoms with Crippen LogP contribution >= 0.6 is 0 Å². The molecule has 4 rings (SSSR count). The number of alkyl halides is 3. The summed E-state index contributed by atoms with van der Waals surface area (Å²) in [5.74, 6) is -0.123. The molecular weight excluding hydrogens is 353 g/mol. The van der Waals surface area contributed by atoms with E-state index in [1.54, 1.807) is 6.07 Å². The van der Waals surface area contributed by atoms with Crippen LogP contribution in [0.4, 0.5) is 19.0 Å². The quantitative estimate of drug-likeness (QED) is 0.682. The summed E-state index contributed by atoms with van der Waals surface area (Å²) >= 11 is 0. The summed E-state index contributed by atoms with van der Waals surface area (Å²) in [5.41, 5.74) is 0.0638. The first-order valence-electron chi connectivity index (χ1n) is 8.03. The van der Waals surface area contributed by atoms with Crippen molar-refractivity contribution in [2.45, 2.75) is 19.1 Å². The first-order chi connectivity index (χ1) is 12.5.